The molecular formula is C17H25ClN4O2S. The van der Waals surface area contributed by atoms with Crippen LogP contribution in [0.2, 0.25) is 4.34 Å². The van der Waals surface area contributed by atoms with Gasteiger partial charge in [-0.15, -0.1) is 11.3 Å². The molecule has 1 N–H and O–H groups in total. The standard InChI is InChI=1S/C17H25ClN4O2S/c18-15-4-3-14(25-15)12-20-7-9-21(10-8-20)13-16(23)19-11-17(24)22-5-1-2-6-22/h3-4H,1-2,5-13H2,(H,19,23). The van der Waals surface area contributed by atoms with E-state index in [0.29, 0.717) is 6.54 Å². The van der Waals surface area contributed by atoms with Crippen molar-refractivity contribution in [3.8, 4) is 0 Å². The van der Waals surface area contributed by atoms with Crippen molar-refractivity contribution in [2.75, 3.05) is 52.4 Å². The minimum absolute atomic E-state index is 0.0327. The summed E-state index contributed by atoms with van der Waals surface area (Å²) in [6, 6.07) is 4.01. The molecule has 2 saturated heterocycles. The normalized spacial score (nSPS) is 19.3. The van der Waals surface area contributed by atoms with Gasteiger partial charge in [-0.3, -0.25) is 19.4 Å². The third-order valence-electron chi connectivity index (χ3n) is 4.74. The molecule has 6 nitrogen and oxygen atoms in total. The van der Waals surface area contributed by atoms with E-state index >= 15 is 0 Å². The maximum atomic E-state index is 12.1. The largest absolute Gasteiger partial charge is 0.346 e. The molecule has 1 aromatic heterocycles. The third-order valence-corrected chi connectivity index (χ3v) is 5.95. The van der Waals surface area contributed by atoms with E-state index in [9.17, 15) is 9.59 Å². The SMILES string of the molecule is O=C(CN1CCN(Cc2ccc(Cl)s2)CC1)NCC(=O)N1CCCC1. The summed E-state index contributed by atoms with van der Waals surface area (Å²) in [5.41, 5.74) is 0. The van der Waals surface area contributed by atoms with Crippen LogP contribution in [0.5, 0.6) is 0 Å². The van der Waals surface area contributed by atoms with Crippen molar-refractivity contribution in [3.63, 3.8) is 0 Å². The van der Waals surface area contributed by atoms with Gasteiger partial charge in [0, 0.05) is 50.7 Å². The molecule has 2 aliphatic heterocycles. The summed E-state index contributed by atoms with van der Waals surface area (Å²) < 4.78 is 0.828. The molecule has 0 aromatic carbocycles. The predicted octanol–water partition coefficient (Wildman–Crippen LogP) is 1.26. The number of hydrogen-bond donors (Lipinski definition) is 1. The minimum Gasteiger partial charge on any atom is -0.346 e. The molecule has 0 saturated carbocycles. The lowest BCUT2D eigenvalue weighted by molar-refractivity contribution is -0.132. The van der Waals surface area contributed by atoms with Gasteiger partial charge in [0.25, 0.3) is 0 Å². The smallest absolute Gasteiger partial charge is 0.241 e. The van der Waals surface area contributed by atoms with Crippen molar-refractivity contribution in [1.29, 1.82) is 0 Å². The molecule has 0 aliphatic carbocycles. The van der Waals surface area contributed by atoms with Crippen LogP contribution in [0.15, 0.2) is 12.1 Å². The van der Waals surface area contributed by atoms with Crippen LogP contribution in [0.3, 0.4) is 0 Å². The van der Waals surface area contributed by atoms with Gasteiger partial charge in [0.1, 0.15) is 0 Å². The summed E-state index contributed by atoms with van der Waals surface area (Å²) in [7, 11) is 0. The molecular weight excluding hydrogens is 360 g/mol. The van der Waals surface area contributed by atoms with E-state index in [1.165, 1.54) is 4.88 Å². The van der Waals surface area contributed by atoms with Crippen molar-refractivity contribution in [3.05, 3.63) is 21.3 Å². The number of amides is 2. The minimum atomic E-state index is -0.0639. The van der Waals surface area contributed by atoms with Gasteiger partial charge in [-0.05, 0) is 25.0 Å². The third kappa shape index (κ3) is 5.67. The molecule has 0 radical (unpaired) electrons. The zero-order chi connectivity index (χ0) is 17.6. The molecule has 8 heteroatoms. The van der Waals surface area contributed by atoms with E-state index in [-0.39, 0.29) is 18.4 Å². The number of likely N-dealkylation sites (tertiary alicyclic amines) is 1. The van der Waals surface area contributed by atoms with Crippen molar-refractivity contribution in [2.24, 2.45) is 0 Å². The Labute approximate surface area is 157 Å². The second-order valence-corrected chi connectivity index (χ2v) is 8.42. The molecule has 2 aliphatic rings. The van der Waals surface area contributed by atoms with Gasteiger partial charge in [-0.1, -0.05) is 11.6 Å². The van der Waals surface area contributed by atoms with Gasteiger partial charge in [0.05, 0.1) is 17.4 Å². The zero-order valence-corrected chi connectivity index (χ0v) is 15.9. The Bertz CT molecular complexity index is 595. The first kappa shape index (κ1) is 18.6. The Morgan fingerprint density at radius 1 is 1.04 bits per heavy atom. The molecule has 0 bridgehead atoms. The van der Waals surface area contributed by atoms with Crippen molar-refractivity contribution in [1.82, 2.24) is 20.0 Å². The molecule has 1 aromatic rings. The van der Waals surface area contributed by atoms with E-state index in [0.717, 1.165) is 63.0 Å². The Morgan fingerprint density at radius 2 is 1.72 bits per heavy atom. The van der Waals surface area contributed by atoms with E-state index < -0.39 is 0 Å². The van der Waals surface area contributed by atoms with Gasteiger partial charge >= 0.3 is 0 Å². The predicted molar refractivity (Wildman–Crippen MR) is 99.9 cm³/mol. The summed E-state index contributed by atoms with van der Waals surface area (Å²) in [6.45, 7) is 6.67. The molecule has 3 heterocycles. The van der Waals surface area contributed by atoms with E-state index in [4.69, 9.17) is 11.6 Å². The van der Waals surface area contributed by atoms with Gasteiger partial charge in [-0.2, -0.15) is 0 Å². The van der Waals surface area contributed by atoms with Crippen LogP contribution >= 0.6 is 22.9 Å². The highest BCUT2D eigenvalue weighted by molar-refractivity contribution is 7.16. The fourth-order valence-corrected chi connectivity index (χ4v) is 4.40. The van der Waals surface area contributed by atoms with Crippen molar-refractivity contribution in [2.45, 2.75) is 19.4 Å². The molecule has 2 amide bonds. The van der Waals surface area contributed by atoms with Crippen LogP contribution in [-0.2, 0) is 16.1 Å². The number of thiophene rings is 1. The maximum absolute atomic E-state index is 12.1. The maximum Gasteiger partial charge on any atom is 0.241 e. The number of carbonyl (C=O) groups excluding carboxylic acids is 2. The first-order chi connectivity index (χ1) is 12.1. The lowest BCUT2D eigenvalue weighted by Gasteiger charge is -2.34. The lowest BCUT2D eigenvalue weighted by Crippen LogP contribution is -2.50. The fraction of sp³-hybridized carbons (Fsp3) is 0.647. The summed E-state index contributed by atoms with van der Waals surface area (Å²) in [5.74, 6) is -0.0312. The van der Waals surface area contributed by atoms with E-state index in [1.54, 1.807) is 11.3 Å². The Morgan fingerprint density at radius 3 is 2.36 bits per heavy atom. The van der Waals surface area contributed by atoms with Crippen LogP contribution in [-0.4, -0.2) is 78.9 Å². The Hall–Kier alpha value is -1.15. The van der Waals surface area contributed by atoms with Crippen molar-refractivity contribution < 1.29 is 9.59 Å². The van der Waals surface area contributed by atoms with Crippen LogP contribution in [0.1, 0.15) is 17.7 Å². The van der Waals surface area contributed by atoms with Crippen LogP contribution < -0.4 is 5.32 Å². The molecule has 0 atom stereocenters. The highest BCUT2D eigenvalue weighted by atomic mass is 35.5. The molecule has 138 valence electrons. The Kier molecular flexibility index (Phi) is 6.70. The van der Waals surface area contributed by atoms with Crippen LogP contribution in [0, 0.1) is 0 Å². The summed E-state index contributed by atoms with van der Waals surface area (Å²) in [5, 5.41) is 2.76. The van der Waals surface area contributed by atoms with Gasteiger partial charge in [0.15, 0.2) is 0 Å². The number of carbonyl (C=O) groups is 2. The summed E-state index contributed by atoms with van der Waals surface area (Å²) >= 11 is 7.59. The summed E-state index contributed by atoms with van der Waals surface area (Å²) in [6.07, 6.45) is 2.14. The van der Waals surface area contributed by atoms with Gasteiger partial charge in [-0.25, -0.2) is 0 Å². The quantitative estimate of drug-likeness (QED) is 0.802. The molecule has 3 rings (SSSR count). The first-order valence-corrected chi connectivity index (χ1v) is 10.0. The molecule has 25 heavy (non-hydrogen) atoms. The number of nitrogens with zero attached hydrogens (tertiary/aromatic N) is 3. The fourth-order valence-electron chi connectivity index (χ4n) is 3.27. The van der Waals surface area contributed by atoms with Crippen LogP contribution in [0.25, 0.3) is 0 Å². The van der Waals surface area contributed by atoms with E-state index in [2.05, 4.69) is 21.2 Å². The van der Waals surface area contributed by atoms with Gasteiger partial charge < -0.3 is 10.2 Å². The summed E-state index contributed by atoms with van der Waals surface area (Å²) in [4.78, 5) is 31.6. The second kappa shape index (κ2) is 8.98. The highest BCUT2D eigenvalue weighted by Crippen LogP contribution is 2.23. The first-order valence-electron chi connectivity index (χ1n) is 8.83. The van der Waals surface area contributed by atoms with E-state index in [1.807, 2.05) is 11.0 Å². The second-order valence-electron chi connectivity index (χ2n) is 6.62. The van der Waals surface area contributed by atoms with Crippen LogP contribution in [0.4, 0.5) is 0 Å². The van der Waals surface area contributed by atoms with Crippen molar-refractivity contribution >= 4 is 34.8 Å². The zero-order valence-electron chi connectivity index (χ0n) is 14.4. The topological polar surface area (TPSA) is 55.9 Å². The molecule has 0 spiro atoms. The highest BCUT2D eigenvalue weighted by Gasteiger charge is 2.21. The average Bonchev–Trinajstić information content (AvgIpc) is 3.26. The molecule has 2 fully saturated rings. The number of nitrogens with one attached hydrogen (secondary N) is 1. The average molecular weight is 385 g/mol. The molecule has 0 unspecified atom stereocenters. The van der Waals surface area contributed by atoms with Gasteiger partial charge in [0.2, 0.25) is 11.8 Å². The number of halogens is 1. The lowest BCUT2D eigenvalue weighted by atomic mass is 10.3. The number of piperazine rings is 1. The monoisotopic (exact) mass is 384 g/mol. The Balaban J connectivity index is 1.32. The number of rotatable bonds is 6. The number of hydrogen-bond acceptors (Lipinski definition) is 5.